The van der Waals surface area contributed by atoms with Crippen LogP contribution in [0.1, 0.15) is 19.8 Å². The van der Waals surface area contributed by atoms with E-state index in [4.69, 9.17) is 0 Å². The Morgan fingerprint density at radius 2 is 2.33 bits per heavy atom. The van der Waals surface area contributed by atoms with E-state index in [0.29, 0.717) is 6.04 Å². The van der Waals surface area contributed by atoms with Crippen molar-refractivity contribution in [2.45, 2.75) is 25.8 Å². The van der Waals surface area contributed by atoms with Gasteiger partial charge in [-0.05, 0) is 26.3 Å². The third kappa shape index (κ3) is 2.03. The van der Waals surface area contributed by atoms with Gasteiger partial charge in [-0.1, -0.05) is 0 Å². The lowest BCUT2D eigenvalue weighted by atomic mass is 10.2. The number of nitrogens with zero attached hydrogens (tertiary/aromatic N) is 4. The quantitative estimate of drug-likeness (QED) is 0.840. The highest BCUT2D eigenvalue weighted by atomic mass is 15.2. The maximum atomic E-state index is 4.41. The highest BCUT2D eigenvalue weighted by molar-refractivity contribution is 5.82. The van der Waals surface area contributed by atoms with Crippen molar-refractivity contribution in [3.63, 3.8) is 0 Å². The number of nitrogens with one attached hydrogen (secondary N) is 2. The van der Waals surface area contributed by atoms with Gasteiger partial charge in [-0.2, -0.15) is 0 Å². The van der Waals surface area contributed by atoms with E-state index in [1.165, 1.54) is 12.8 Å². The molecule has 1 aliphatic heterocycles. The minimum absolute atomic E-state index is 0.567. The summed E-state index contributed by atoms with van der Waals surface area (Å²) >= 11 is 0. The largest absolute Gasteiger partial charge is 0.353 e. The highest BCUT2D eigenvalue weighted by Gasteiger charge is 2.19. The molecule has 0 amide bonds. The van der Waals surface area contributed by atoms with Gasteiger partial charge in [0.2, 0.25) is 0 Å². The average molecular weight is 246 g/mol. The summed E-state index contributed by atoms with van der Waals surface area (Å²) in [7, 11) is 0. The number of fused-ring (bicyclic) bond motifs is 1. The van der Waals surface area contributed by atoms with Crippen LogP contribution in [0.2, 0.25) is 0 Å². The van der Waals surface area contributed by atoms with Crippen LogP contribution in [-0.2, 0) is 0 Å². The fourth-order valence-corrected chi connectivity index (χ4v) is 2.54. The van der Waals surface area contributed by atoms with Gasteiger partial charge < -0.3 is 15.2 Å². The lowest BCUT2D eigenvalue weighted by Crippen LogP contribution is -2.38. The zero-order chi connectivity index (χ0) is 12.4. The van der Waals surface area contributed by atoms with E-state index < -0.39 is 0 Å². The third-order valence-corrected chi connectivity index (χ3v) is 3.49. The van der Waals surface area contributed by atoms with E-state index in [0.717, 1.165) is 36.6 Å². The molecule has 1 fully saturated rings. The molecule has 3 heterocycles. The Balaban J connectivity index is 1.87. The maximum absolute atomic E-state index is 4.41. The SMILES string of the molecule is CCN(CC1CCCN1)c1ncnc2nc[nH]c12. The zero-order valence-corrected chi connectivity index (χ0v) is 10.6. The molecule has 1 saturated heterocycles. The van der Waals surface area contributed by atoms with Crippen molar-refractivity contribution < 1.29 is 0 Å². The van der Waals surface area contributed by atoms with E-state index in [-0.39, 0.29) is 0 Å². The molecule has 0 aromatic carbocycles. The smallest absolute Gasteiger partial charge is 0.182 e. The Labute approximate surface area is 106 Å². The molecule has 1 unspecified atom stereocenters. The lowest BCUT2D eigenvalue weighted by Gasteiger charge is -2.25. The first-order chi connectivity index (χ1) is 8.88. The fourth-order valence-electron chi connectivity index (χ4n) is 2.54. The van der Waals surface area contributed by atoms with Crippen LogP contribution in [0.15, 0.2) is 12.7 Å². The van der Waals surface area contributed by atoms with Crippen LogP contribution in [0.25, 0.3) is 11.2 Å². The van der Waals surface area contributed by atoms with Crippen LogP contribution < -0.4 is 10.2 Å². The van der Waals surface area contributed by atoms with Crippen molar-refractivity contribution in [2.75, 3.05) is 24.5 Å². The summed E-state index contributed by atoms with van der Waals surface area (Å²) < 4.78 is 0. The second kappa shape index (κ2) is 4.89. The minimum atomic E-state index is 0.567. The van der Waals surface area contributed by atoms with Crippen molar-refractivity contribution in [1.82, 2.24) is 25.3 Å². The second-order valence-electron chi connectivity index (χ2n) is 4.63. The molecule has 1 aliphatic rings. The molecular weight excluding hydrogens is 228 g/mol. The summed E-state index contributed by atoms with van der Waals surface area (Å²) in [6.07, 6.45) is 5.77. The number of likely N-dealkylation sites (N-methyl/N-ethyl adjacent to an activating group) is 1. The van der Waals surface area contributed by atoms with Crippen LogP contribution in [0.4, 0.5) is 5.82 Å². The van der Waals surface area contributed by atoms with Crippen molar-refractivity contribution in [3.05, 3.63) is 12.7 Å². The molecular formula is C12H18N6. The number of aromatic amines is 1. The minimum Gasteiger partial charge on any atom is -0.353 e. The molecule has 3 rings (SSSR count). The number of H-pyrrole nitrogens is 1. The topological polar surface area (TPSA) is 69.7 Å². The van der Waals surface area contributed by atoms with Gasteiger partial charge in [-0.15, -0.1) is 0 Å². The number of hydrogen-bond donors (Lipinski definition) is 2. The Kier molecular flexibility index (Phi) is 3.10. The van der Waals surface area contributed by atoms with Gasteiger partial charge in [-0.3, -0.25) is 0 Å². The van der Waals surface area contributed by atoms with E-state index in [1.54, 1.807) is 12.7 Å². The first-order valence-corrected chi connectivity index (χ1v) is 6.51. The van der Waals surface area contributed by atoms with Gasteiger partial charge in [0.1, 0.15) is 11.8 Å². The molecule has 6 nitrogen and oxygen atoms in total. The third-order valence-electron chi connectivity index (χ3n) is 3.49. The number of anilines is 1. The van der Waals surface area contributed by atoms with Gasteiger partial charge in [0, 0.05) is 19.1 Å². The monoisotopic (exact) mass is 246 g/mol. The summed E-state index contributed by atoms with van der Waals surface area (Å²) in [5, 5.41) is 3.52. The summed E-state index contributed by atoms with van der Waals surface area (Å²) in [4.78, 5) is 18.2. The number of imidazole rings is 1. The average Bonchev–Trinajstić information content (AvgIpc) is 3.06. The van der Waals surface area contributed by atoms with Crippen LogP contribution in [0, 0.1) is 0 Å². The number of aromatic nitrogens is 4. The van der Waals surface area contributed by atoms with E-state index >= 15 is 0 Å². The summed E-state index contributed by atoms with van der Waals surface area (Å²) in [6, 6.07) is 0.567. The van der Waals surface area contributed by atoms with Crippen molar-refractivity contribution >= 4 is 17.0 Å². The van der Waals surface area contributed by atoms with Crippen molar-refractivity contribution in [2.24, 2.45) is 0 Å². The van der Waals surface area contributed by atoms with E-state index in [2.05, 4.69) is 37.1 Å². The molecule has 18 heavy (non-hydrogen) atoms. The van der Waals surface area contributed by atoms with Crippen molar-refractivity contribution in [1.29, 1.82) is 0 Å². The molecule has 0 bridgehead atoms. The molecule has 96 valence electrons. The molecule has 1 atom stereocenters. The standard InChI is InChI=1S/C12H18N6/c1-2-18(6-9-4-3-5-13-9)12-10-11(15-7-14-10)16-8-17-12/h7-9,13H,2-6H2,1H3,(H,14,15,16,17). The molecule has 6 heteroatoms. The first-order valence-electron chi connectivity index (χ1n) is 6.51. The first kappa shape index (κ1) is 11.4. The molecule has 0 radical (unpaired) electrons. The molecule has 2 N–H and O–H groups in total. The Morgan fingerprint density at radius 3 is 3.11 bits per heavy atom. The van der Waals surface area contributed by atoms with Crippen LogP contribution >= 0.6 is 0 Å². The fraction of sp³-hybridized carbons (Fsp3) is 0.583. The van der Waals surface area contributed by atoms with Gasteiger partial charge in [-0.25, -0.2) is 15.0 Å². The zero-order valence-electron chi connectivity index (χ0n) is 10.6. The number of hydrogen-bond acceptors (Lipinski definition) is 5. The summed E-state index contributed by atoms with van der Waals surface area (Å²) in [5.41, 5.74) is 1.66. The van der Waals surface area contributed by atoms with Gasteiger partial charge in [0.25, 0.3) is 0 Å². The second-order valence-corrected chi connectivity index (χ2v) is 4.63. The summed E-state index contributed by atoms with van der Waals surface area (Å²) in [5.74, 6) is 0.953. The molecule has 2 aromatic heterocycles. The van der Waals surface area contributed by atoms with Crippen LogP contribution in [-0.4, -0.2) is 45.6 Å². The Hall–Kier alpha value is -1.69. The van der Waals surface area contributed by atoms with E-state index in [1.807, 2.05) is 0 Å². The molecule has 0 aliphatic carbocycles. The number of rotatable bonds is 4. The summed E-state index contributed by atoms with van der Waals surface area (Å²) in [6.45, 7) is 5.20. The maximum Gasteiger partial charge on any atom is 0.182 e. The Morgan fingerprint density at radius 1 is 1.39 bits per heavy atom. The van der Waals surface area contributed by atoms with Gasteiger partial charge >= 0.3 is 0 Å². The predicted molar refractivity (Wildman–Crippen MR) is 70.6 cm³/mol. The molecule has 0 saturated carbocycles. The van der Waals surface area contributed by atoms with E-state index in [9.17, 15) is 0 Å². The van der Waals surface area contributed by atoms with Gasteiger partial charge in [0.05, 0.1) is 6.33 Å². The molecule has 2 aromatic rings. The normalized spacial score (nSPS) is 19.5. The Bertz CT molecular complexity index is 516. The molecule has 0 spiro atoms. The van der Waals surface area contributed by atoms with Gasteiger partial charge in [0.15, 0.2) is 11.5 Å². The van der Waals surface area contributed by atoms with Crippen LogP contribution in [0.5, 0.6) is 0 Å². The van der Waals surface area contributed by atoms with Crippen LogP contribution in [0.3, 0.4) is 0 Å². The lowest BCUT2D eigenvalue weighted by molar-refractivity contribution is 0.584. The highest BCUT2D eigenvalue weighted by Crippen LogP contribution is 2.20. The van der Waals surface area contributed by atoms with Crippen molar-refractivity contribution in [3.8, 4) is 0 Å². The predicted octanol–water partition coefficient (Wildman–Crippen LogP) is 0.931.